The number of aldehydes is 1. The summed E-state index contributed by atoms with van der Waals surface area (Å²) in [5.41, 5.74) is 0.0198. The first-order valence-electron chi connectivity index (χ1n) is 4.23. The topological polar surface area (TPSA) is 43.4 Å². The van der Waals surface area contributed by atoms with E-state index in [-0.39, 0.29) is 5.57 Å². The largest absolute Gasteiger partial charge is 0.465 e. The molecule has 1 aromatic carbocycles. The molecule has 1 aromatic rings. The first-order chi connectivity index (χ1) is 7.27. The van der Waals surface area contributed by atoms with E-state index in [1.807, 2.05) is 30.3 Å². The Labute approximate surface area is 92.1 Å². The third kappa shape index (κ3) is 3.59. The van der Waals surface area contributed by atoms with Gasteiger partial charge in [0, 0.05) is 4.90 Å². The minimum Gasteiger partial charge on any atom is -0.465 e. The van der Waals surface area contributed by atoms with Gasteiger partial charge in [0.2, 0.25) is 0 Å². The Hall–Kier alpha value is -1.55. The van der Waals surface area contributed by atoms with E-state index in [0.29, 0.717) is 6.29 Å². The van der Waals surface area contributed by atoms with Crippen molar-refractivity contribution >= 4 is 24.0 Å². The SMILES string of the molecule is COC(=O)C(C=O)=CSc1ccccc1. The molecule has 0 aliphatic rings. The summed E-state index contributed by atoms with van der Waals surface area (Å²) in [5.74, 6) is -0.617. The lowest BCUT2D eigenvalue weighted by Gasteiger charge is -1.97. The molecular formula is C11H10O3S. The third-order valence-electron chi connectivity index (χ3n) is 1.61. The van der Waals surface area contributed by atoms with E-state index >= 15 is 0 Å². The summed E-state index contributed by atoms with van der Waals surface area (Å²) in [7, 11) is 1.24. The minimum absolute atomic E-state index is 0.0198. The number of esters is 1. The average molecular weight is 222 g/mol. The molecule has 15 heavy (non-hydrogen) atoms. The van der Waals surface area contributed by atoms with Gasteiger partial charge in [-0.1, -0.05) is 30.0 Å². The van der Waals surface area contributed by atoms with Gasteiger partial charge in [-0.2, -0.15) is 0 Å². The fourth-order valence-corrected chi connectivity index (χ4v) is 1.60. The van der Waals surface area contributed by atoms with Gasteiger partial charge in [-0.3, -0.25) is 4.79 Å². The Morgan fingerprint density at radius 3 is 2.53 bits per heavy atom. The van der Waals surface area contributed by atoms with E-state index in [1.54, 1.807) is 0 Å². The predicted molar refractivity (Wildman–Crippen MR) is 58.5 cm³/mol. The van der Waals surface area contributed by atoms with Crippen molar-refractivity contribution in [3.8, 4) is 0 Å². The first kappa shape index (κ1) is 11.5. The summed E-state index contributed by atoms with van der Waals surface area (Å²) < 4.78 is 4.44. The lowest BCUT2D eigenvalue weighted by atomic mass is 10.3. The highest BCUT2D eigenvalue weighted by atomic mass is 32.2. The summed E-state index contributed by atoms with van der Waals surface area (Å²) >= 11 is 1.30. The number of methoxy groups -OCH3 is 1. The number of hydrogen-bond acceptors (Lipinski definition) is 4. The summed E-state index contributed by atoms with van der Waals surface area (Å²) in [4.78, 5) is 22.5. The van der Waals surface area contributed by atoms with Crippen LogP contribution in [0.25, 0.3) is 0 Å². The van der Waals surface area contributed by atoms with Crippen LogP contribution in [0, 0.1) is 0 Å². The molecule has 0 saturated carbocycles. The molecule has 0 aliphatic heterocycles. The highest BCUT2D eigenvalue weighted by molar-refractivity contribution is 8.02. The van der Waals surface area contributed by atoms with E-state index < -0.39 is 5.97 Å². The maximum absolute atomic E-state index is 11.0. The lowest BCUT2D eigenvalue weighted by molar-refractivity contribution is -0.136. The molecule has 0 fully saturated rings. The predicted octanol–water partition coefficient (Wildman–Crippen LogP) is 2.03. The van der Waals surface area contributed by atoms with Crippen molar-refractivity contribution in [2.45, 2.75) is 4.90 Å². The normalized spacial score (nSPS) is 10.9. The molecule has 0 saturated heterocycles. The number of ether oxygens (including phenoxy) is 1. The summed E-state index contributed by atoms with van der Waals surface area (Å²) in [6, 6.07) is 9.44. The number of hydrogen-bond donors (Lipinski definition) is 0. The van der Waals surface area contributed by atoms with Crippen LogP contribution in [0.3, 0.4) is 0 Å². The number of thioether (sulfide) groups is 1. The maximum atomic E-state index is 11.0. The van der Waals surface area contributed by atoms with E-state index in [2.05, 4.69) is 4.74 Å². The Morgan fingerprint density at radius 1 is 1.33 bits per heavy atom. The molecule has 0 amide bonds. The van der Waals surface area contributed by atoms with Crippen LogP contribution < -0.4 is 0 Å². The molecule has 4 heteroatoms. The molecule has 0 unspecified atom stereocenters. The molecule has 0 atom stereocenters. The van der Waals surface area contributed by atoms with Crippen molar-refractivity contribution in [2.24, 2.45) is 0 Å². The van der Waals surface area contributed by atoms with Gasteiger partial charge in [0.15, 0.2) is 6.29 Å². The molecule has 0 radical (unpaired) electrons. The number of carbonyl (C=O) groups excluding carboxylic acids is 2. The highest BCUT2D eigenvalue weighted by Gasteiger charge is 2.07. The maximum Gasteiger partial charge on any atom is 0.341 e. The second kappa shape index (κ2) is 6.03. The van der Waals surface area contributed by atoms with Gasteiger partial charge in [-0.15, -0.1) is 0 Å². The quantitative estimate of drug-likeness (QED) is 0.195. The molecule has 0 N–H and O–H groups in total. The molecule has 0 heterocycles. The van der Waals surface area contributed by atoms with Crippen LogP contribution in [-0.2, 0) is 14.3 Å². The summed E-state index contributed by atoms with van der Waals surface area (Å²) in [5, 5.41) is 1.48. The molecule has 0 bridgehead atoms. The van der Waals surface area contributed by atoms with Crippen LogP contribution in [0.15, 0.2) is 46.2 Å². The molecule has 0 spiro atoms. The van der Waals surface area contributed by atoms with Crippen LogP contribution in [-0.4, -0.2) is 19.4 Å². The number of carbonyl (C=O) groups is 2. The van der Waals surface area contributed by atoms with Gasteiger partial charge in [0.25, 0.3) is 0 Å². The second-order valence-corrected chi connectivity index (χ2v) is 3.56. The van der Waals surface area contributed by atoms with Crippen LogP contribution in [0.1, 0.15) is 0 Å². The minimum atomic E-state index is -0.617. The van der Waals surface area contributed by atoms with Crippen LogP contribution in [0.4, 0.5) is 0 Å². The van der Waals surface area contributed by atoms with E-state index in [1.165, 1.54) is 24.3 Å². The zero-order valence-corrected chi connectivity index (χ0v) is 8.99. The molecule has 0 aliphatic carbocycles. The summed E-state index contributed by atoms with van der Waals surface area (Å²) in [6.45, 7) is 0. The standard InChI is InChI=1S/C11H10O3S/c1-14-11(13)9(7-12)8-15-10-5-3-2-4-6-10/h2-8H,1H3. The van der Waals surface area contributed by atoms with Crippen molar-refractivity contribution in [3.63, 3.8) is 0 Å². The Morgan fingerprint density at radius 2 is 2.00 bits per heavy atom. The first-order valence-corrected chi connectivity index (χ1v) is 5.11. The average Bonchev–Trinajstić information content (AvgIpc) is 2.31. The fraction of sp³-hybridized carbons (Fsp3) is 0.0909. The van der Waals surface area contributed by atoms with Gasteiger partial charge in [0.1, 0.15) is 5.57 Å². The lowest BCUT2D eigenvalue weighted by Crippen LogP contribution is -2.04. The molecule has 0 aromatic heterocycles. The molecule has 1 rings (SSSR count). The number of rotatable bonds is 4. The molecule has 78 valence electrons. The smallest absolute Gasteiger partial charge is 0.341 e. The van der Waals surface area contributed by atoms with Crippen molar-refractivity contribution in [1.29, 1.82) is 0 Å². The van der Waals surface area contributed by atoms with Gasteiger partial charge >= 0.3 is 5.97 Å². The van der Waals surface area contributed by atoms with Crippen molar-refractivity contribution < 1.29 is 14.3 Å². The van der Waals surface area contributed by atoms with E-state index in [9.17, 15) is 9.59 Å². The Kier molecular flexibility index (Phi) is 4.63. The van der Waals surface area contributed by atoms with E-state index in [4.69, 9.17) is 0 Å². The van der Waals surface area contributed by atoms with Crippen molar-refractivity contribution in [2.75, 3.05) is 7.11 Å². The highest BCUT2D eigenvalue weighted by Crippen LogP contribution is 2.19. The third-order valence-corrected chi connectivity index (χ3v) is 2.53. The zero-order valence-electron chi connectivity index (χ0n) is 8.17. The Balaban J connectivity index is 2.71. The monoisotopic (exact) mass is 222 g/mol. The van der Waals surface area contributed by atoms with Crippen molar-refractivity contribution in [3.05, 3.63) is 41.3 Å². The summed E-state index contributed by atoms with van der Waals surface area (Å²) in [6.07, 6.45) is 0.488. The van der Waals surface area contributed by atoms with Gasteiger partial charge in [-0.05, 0) is 17.5 Å². The molecular weight excluding hydrogens is 212 g/mol. The van der Waals surface area contributed by atoms with Gasteiger partial charge < -0.3 is 4.74 Å². The molecule has 3 nitrogen and oxygen atoms in total. The zero-order chi connectivity index (χ0) is 11.1. The van der Waals surface area contributed by atoms with E-state index in [0.717, 1.165) is 4.90 Å². The van der Waals surface area contributed by atoms with Crippen LogP contribution >= 0.6 is 11.8 Å². The van der Waals surface area contributed by atoms with Gasteiger partial charge in [0.05, 0.1) is 7.11 Å². The Bertz CT molecular complexity index is 371. The number of benzene rings is 1. The van der Waals surface area contributed by atoms with Gasteiger partial charge in [-0.25, -0.2) is 4.79 Å². The van der Waals surface area contributed by atoms with Crippen LogP contribution in [0.2, 0.25) is 0 Å². The van der Waals surface area contributed by atoms with Crippen LogP contribution in [0.5, 0.6) is 0 Å². The second-order valence-electron chi connectivity index (χ2n) is 2.61. The van der Waals surface area contributed by atoms with Crippen molar-refractivity contribution in [1.82, 2.24) is 0 Å². The fourth-order valence-electron chi connectivity index (χ4n) is 0.872.